The number of nitrogens with zero attached hydrogens (tertiary/aromatic N) is 2. The molecule has 0 fully saturated rings. The lowest BCUT2D eigenvalue weighted by Gasteiger charge is -1.99. The summed E-state index contributed by atoms with van der Waals surface area (Å²) in [5, 5.41) is 6.79. The monoisotopic (exact) mass is 281 g/mol. The van der Waals surface area contributed by atoms with Crippen LogP contribution in [-0.4, -0.2) is 23.2 Å². The van der Waals surface area contributed by atoms with Crippen LogP contribution in [0.3, 0.4) is 0 Å². The maximum Gasteiger partial charge on any atom is 0.296 e. The summed E-state index contributed by atoms with van der Waals surface area (Å²) in [6.45, 7) is 4.28. The molecule has 0 aromatic carbocycles. The van der Waals surface area contributed by atoms with Crippen LogP contribution in [0.15, 0.2) is 16.8 Å². The summed E-state index contributed by atoms with van der Waals surface area (Å²) in [6, 6.07) is 1.43. The van der Waals surface area contributed by atoms with Crippen molar-refractivity contribution in [3.8, 4) is 5.88 Å². The Kier molecular flexibility index (Phi) is 4.16. The van der Waals surface area contributed by atoms with Crippen molar-refractivity contribution in [2.45, 2.75) is 20.3 Å². The average Bonchev–Trinajstić information content (AvgIpc) is 2.97. The lowest BCUT2D eigenvalue weighted by atomic mass is 10.1. The van der Waals surface area contributed by atoms with Crippen LogP contribution in [0.4, 0.5) is 5.13 Å². The van der Waals surface area contributed by atoms with Gasteiger partial charge in [0.1, 0.15) is 0 Å². The second kappa shape index (κ2) is 5.83. The number of methoxy groups -OCH3 is 1. The number of rotatable bonds is 5. The first-order valence-electron chi connectivity index (χ1n) is 5.85. The van der Waals surface area contributed by atoms with Crippen molar-refractivity contribution in [2.75, 3.05) is 12.4 Å². The Labute approximate surface area is 114 Å². The summed E-state index contributed by atoms with van der Waals surface area (Å²) in [4.78, 5) is 17.1. The highest BCUT2D eigenvalue weighted by Crippen LogP contribution is 2.22. The van der Waals surface area contributed by atoms with E-state index in [-0.39, 0.29) is 17.5 Å². The molecule has 2 heterocycles. The lowest BCUT2D eigenvalue weighted by Crippen LogP contribution is -2.10. The number of carbonyl (C=O) groups is 1. The van der Waals surface area contributed by atoms with Gasteiger partial charge in [-0.3, -0.25) is 10.1 Å². The van der Waals surface area contributed by atoms with Crippen LogP contribution in [0, 0.1) is 5.92 Å². The van der Waals surface area contributed by atoms with Gasteiger partial charge >= 0.3 is 0 Å². The van der Waals surface area contributed by atoms with Gasteiger partial charge in [0.2, 0.25) is 5.76 Å². The summed E-state index contributed by atoms with van der Waals surface area (Å²) in [7, 11) is 1.46. The van der Waals surface area contributed by atoms with Gasteiger partial charge in [-0.05, 0) is 17.5 Å². The second-order valence-corrected chi connectivity index (χ2v) is 5.53. The number of thiazole rings is 1. The smallest absolute Gasteiger partial charge is 0.296 e. The molecule has 0 radical (unpaired) electrons. The van der Waals surface area contributed by atoms with E-state index in [1.807, 2.05) is 0 Å². The molecule has 0 saturated carbocycles. The van der Waals surface area contributed by atoms with Gasteiger partial charge in [-0.25, -0.2) is 4.98 Å². The fourth-order valence-electron chi connectivity index (χ4n) is 1.48. The predicted molar refractivity (Wildman–Crippen MR) is 71.7 cm³/mol. The lowest BCUT2D eigenvalue weighted by molar-refractivity contribution is 0.0987. The number of carbonyl (C=O) groups excluding carboxylic acids is 1. The van der Waals surface area contributed by atoms with Gasteiger partial charge < -0.3 is 9.26 Å². The Balaban J connectivity index is 2.00. The topological polar surface area (TPSA) is 77.2 Å². The Morgan fingerprint density at radius 1 is 1.58 bits per heavy atom. The van der Waals surface area contributed by atoms with Crippen molar-refractivity contribution >= 4 is 22.4 Å². The van der Waals surface area contributed by atoms with Gasteiger partial charge in [0.15, 0.2) is 5.13 Å². The molecule has 0 unspecified atom stereocenters. The van der Waals surface area contributed by atoms with Crippen LogP contribution in [0.1, 0.15) is 29.3 Å². The van der Waals surface area contributed by atoms with Gasteiger partial charge in [-0.15, -0.1) is 11.3 Å². The number of amides is 1. The molecule has 0 spiro atoms. The molecule has 102 valence electrons. The number of hydrogen-bond donors (Lipinski definition) is 1. The number of hydrogen-bond acceptors (Lipinski definition) is 6. The maximum atomic E-state index is 11.8. The van der Waals surface area contributed by atoms with Gasteiger partial charge in [0, 0.05) is 11.1 Å². The average molecular weight is 281 g/mol. The van der Waals surface area contributed by atoms with Crippen LogP contribution in [0.5, 0.6) is 5.88 Å². The summed E-state index contributed by atoms with van der Waals surface area (Å²) >= 11 is 1.46. The highest BCUT2D eigenvalue weighted by molar-refractivity contribution is 7.15. The third-order valence-corrected chi connectivity index (χ3v) is 3.24. The Hall–Kier alpha value is -1.89. The largest absolute Gasteiger partial charge is 0.479 e. The van der Waals surface area contributed by atoms with Crippen LogP contribution >= 0.6 is 11.3 Å². The van der Waals surface area contributed by atoms with E-state index in [2.05, 4.69) is 29.3 Å². The highest BCUT2D eigenvalue weighted by atomic mass is 32.1. The fourth-order valence-corrected chi connectivity index (χ4v) is 2.50. The normalized spacial score (nSPS) is 10.7. The molecule has 2 rings (SSSR count). The molecule has 1 N–H and O–H groups in total. The zero-order chi connectivity index (χ0) is 13.8. The standard InChI is InChI=1S/C12H15N3O3S/c1-7(2)4-8-6-13-12(19-8)14-11(16)9-5-10(17-3)15-18-9/h5-7H,4H2,1-3H3,(H,13,14,16). The minimum absolute atomic E-state index is 0.0949. The zero-order valence-corrected chi connectivity index (χ0v) is 11.8. The molecule has 2 aromatic heterocycles. The molecule has 0 bridgehead atoms. The Morgan fingerprint density at radius 2 is 2.37 bits per heavy atom. The first-order chi connectivity index (χ1) is 9.08. The minimum Gasteiger partial charge on any atom is -0.479 e. The number of ether oxygens (including phenoxy) is 1. The van der Waals surface area contributed by atoms with E-state index in [0.29, 0.717) is 11.0 Å². The van der Waals surface area contributed by atoms with Gasteiger partial charge in [-0.1, -0.05) is 13.8 Å². The highest BCUT2D eigenvalue weighted by Gasteiger charge is 2.15. The van der Waals surface area contributed by atoms with Crippen molar-refractivity contribution < 1.29 is 14.1 Å². The first-order valence-corrected chi connectivity index (χ1v) is 6.67. The summed E-state index contributed by atoms with van der Waals surface area (Å²) < 4.78 is 9.70. The molecule has 0 aliphatic rings. The van der Waals surface area contributed by atoms with E-state index in [4.69, 9.17) is 9.26 Å². The van der Waals surface area contributed by atoms with E-state index in [0.717, 1.165) is 11.3 Å². The maximum absolute atomic E-state index is 11.8. The second-order valence-electron chi connectivity index (χ2n) is 4.42. The fraction of sp³-hybridized carbons (Fsp3) is 0.417. The van der Waals surface area contributed by atoms with Gasteiger partial charge in [-0.2, -0.15) is 0 Å². The van der Waals surface area contributed by atoms with Crippen LogP contribution < -0.4 is 10.1 Å². The van der Waals surface area contributed by atoms with Crippen LogP contribution in [-0.2, 0) is 6.42 Å². The molecule has 0 aliphatic carbocycles. The third kappa shape index (κ3) is 3.54. The van der Waals surface area contributed by atoms with Gasteiger partial charge in [0.05, 0.1) is 13.2 Å². The van der Waals surface area contributed by atoms with Crippen molar-refractivity contribution in [1.29, 1.82) is 0 Å². The Bertz CT molecular complexity index is 562. The minimum atomic E-state index is -0.388. The molecule has 0 aliphatic heterocycles. The molecule has 0 saturated heterocycles. The summed E-state index contributed by atoms with van der Waals surface area (Å²) in [5.74, 6) is 0.533. The molecule has 0 atom stereocenters. The molecule has 7 heteroatoms. The summed E-state index contributed by atoms with van der Waals surface area (Å²) in [6.07, 6.45) is 2.73. The molecule has 19 heavy (non-hydrogen) atoms. The molecule has 6 nitrogen and oxygen atoms in total. The predicted octanol–water partition coefficient (Wildman–Crippen LogP) is 2.59. The molecular formula is C12H15N3O3S. The Morgan fingerprint density at radius 3 is 3.00 bits per heavy atom. The van der Waals surface area contributed by atoms with Crippen LogP contribution in [0.2, 0.25) is 0 Å². The third-order valence-electron chi connectivity index (χ3n) is 2.30. The van der Waals surface area contributed by atoms with Crippen molar-refractivity contribution in [1.82, 2.24) is 10.1 Å². The van der Waals surface area contributed by atoms with Crippen molar-refractivity contribution in [2.24, 2.45) is 5.92 Å². The molecule has 2 aromatic rings. The van der Waals surface area contributed by atoms with E-state index < -0.39 is 0 Å². The van der Waals surface area contributed by atoms with E-state index in [9.17, 15) is 4.79 Å². The quantitative estimate of drug-likeness (QED) is 0.911. The molecule has 1 amide bonds. The molecular weight excluding hydrogens is 266 g/mol. The summed E-state index contributed by atoms with van der Waals surface area (Å²) in [5.41, 5.74) is 0. The van der Waals surface area contributed by atoms with Gasteiger partial charge in [0.25, 0.3) is 11.8 Å². The number of nitrogens with one attached hydrogen (secondary N) is 1. The number of anilines is 1. The van der Waals surface area contributed by atoms with E-state index in [1.54, 1.807) is 6.20 Å². The van der Waals surface area contributed by atoms with Crippen molar-refractivity contribution in [3.63, 3.8) is 0 Å². The van der Waals surface area contributed by atoms with Crippen molar-refractivity contribution in [3.05, 3.63) is 22.9 Å². The SMILES string of the molecule is COc1cc(C(=O)Nc2ncc(CC(C)C)s2)on1. The zero-order valence-electron chi connectivity index (χ0n) is 11.0. The number of aromatic nitrogens is 2. The van der Waals surface area contributed by atoms with Crippen LogP contribution in [0.25, 0.3) is 0 Å². The first kappa shape index (κ1) is 13.5. The van der Waals surface area contributed by atoms with E-state index >= 15 is 0 Å². The van der Waals surface area contributed by atoms with E-state index in [1.165, 1.54) is 24.5 Å².